The van der Waals surface area contributed by atoms with E-state index in [1.807, 2.05) is 69.9 Å². The first-order valence-corrected chi connectivity index (χ1v) is 23.4. The average molecular weight is 931 g/mol. The fourth-order valence-corrected chi connectivity index (χ4v) is 10.3. The van der Waals surface area contributed by atoms with Crippen molar-refractivity contribution >= 4 is 23.7 Å². The van der Waals surface area contributed by atoms with Crippen LogP contribution in [0, 0.1) is 17.8 Å². The van der Waals surface area contributed by atoms with Gasteiger partial charge in [0.1, 0.15) is 29.5 Å². The molecule has 3 aliphatic heterocycles. The second-order valence-electron chi connectivity index (χ2n) is 19.8. The van der Waals surface area contributed by atoms with Crippen LogP contribution in [0.1, 0.15) is 100 Å². The Morgan fingerprint density at radius 3 is 2.27 bits per heavy atom. The van der Waals surface area contributed by atoms with Gasteiger partial charge in [0.2, 0.25) is 0 Å². The summed E-state index contributed by atoms with van der Waals surface area (Å²) < 4.78 is 44.5. The molecule has 3 heterocycles. The lowest BCUT2D eigenvalue weighted by Crippen LogP contribution is -2.61. The van der Waals surface area contributed by atoms with Gasteiger partial charge < -0.3 is 68.7 Å². The Morgan fingerprint density at radius 1 is 1.00 bits per heavy atom. The highest BCUT2D eigenvalue weighted by molar-refractivity contribution is 6.31. The van der Waals surface area contributed by atoms with Crippen molar-refractivity contribution in [1.29, 1.82) is 0 Å². The molecule has 1 aromatic carbocycles. The topological polar surface area (TPSA) is 198 Å². The molecule has 5 N–H and O–H groups in total. The number of carbonyl (C=O) groups excluding carboxylic acids is 2. The number of likely N-dealkylation sites (N-methyl/N-ethyl adjacent to an activating group) is 2. The van der Waals surface area contributed by atoms with Crippen LogP contribution in [0.3, 0.4) is 0 Å². The molecule has 4 rings (SSSR count). The van der Waals surface area contributed by atoms with E-state index in [1.54, 1.807) is 47.6 Å². The van der Waals surface area contributed by atoms with E-state index in [0.29, 0.717) is 24.4 Å². The van der Waals surface area contributed by atoms with Crippen molar-refractivity contribution in [1.82, 2.24) is 15.1 Å². The van der Waals surface area contributed by atoms with Crippen LogP contribution < -0.4 is 5.32 Å². The number of ether oxygens (including phenoxy) is 7. The zero-order chi connectivity index (χ0) is 48.1. The molecule has 1 amide bonds. The van der Waals surface area contributed by atoms with E-state index in [1.165, 1.54) is 14.0 Å². The summed E-state index contributed by atoms with van der Waals surface area (Å²) in [5, 5.41) is 51.3. The summed E-state index contributed by atoms with van der Waals surface area (Å²) in [4.78, 5) is 31.5. The zero-order valence-corrected chi connectivity index (χ0v) is 41.4. The molecule has 64 heavy (non-hydrogen) atoms. The number of methoxy groups -OCH3 is 1. The third-order valence-electron chi connectivity index (χ3n) is 14.0. The van der Waals surface area contributed by atoms with Gasteiger partial charge in [0.25, 0.3) is 0 Å². The summed E-state index contributed by atoms with van der Waals surface area (Å²) in [5.74, 6) is -2.78. The predicted octanol–water partition coefficient (Wildman–Crippen LogP) is 4.53. The minimum Gasteiger partial charge on any atom is -0.459 e. The number of hydrogen-bond acceptors (Lipinski definition) is 15. The van der Waals surface area contributed by atoms with Crippen molar-refractivity contribution in [3.63, 3.8) is 0 Å². The Balaban J connectivity index is 1.72. The molecule has 3 saturated heterocycles. The molecular formula is C47H80ClN3O13. The van der Waals surface area contributed by atoms with Gasteiger partial charge in [-0.05, 0) is 113 Å². The minimum absolute atomic E-state index is 0.0601. The summed E-state index contributed by atoms with van der Waals surface area (Å²) in [6.45, 7) is 18.3. The molecule has 3 fully saturated rings. The quantitative estimate of drug-likeness (QED) is 0.194. The lowest BCUT2D eigenvalue weighted by atomic mass is 9.77. The Labute approximate surface area is 386 Å². The Morgan fingerprint density at radius 2 is 1.66 bits per heavy atom. The number of hydrogen-bond donors (Lipinski definition) is 5. The first-order chi connectivity index (χ1) is 29.8. The molecule has 18 atom stereocenters. The number of rotatable bonds is 11. The van der Waals surface area contributed by atoms with Crippen molar-refractivity contribution < 1.29 is 63.2 Å². The van der Waals surface area contributed by atoms with E-state index in [4.69, 9.17) is 44.8 Å². The fraction of sp³-hybridized carbons (Fsp3) is 0.830. The second-order valence-corrected chi connectivity index (χ2v) is 20.2. The van der Waals surface area contributed by atoms with E-state index in [0.717, 1.165) is 5.56 Å². The Bertz CT molecular complexity index is 1660. The van der Waals surface area contributed by atoms with Gasteiger partial charge in [0.05, 0.1) is 35.9 Å². The van der Waals surface area contributed by atoms with Crippen LogP contribution in [0.25, 0.3) is 0 Å². The lowest BCUT2D eigenvalue weighted by molar-refractivity contribution is -0.317. The summed E-state index contributed by atoms with van der Waals surface area (Å²) in [6.07, 6.45) is -8.96. The molecule has 0 radical (unpaired) electrons. The summed E-state index contributed by atoms with van der Waals surface area (Å²) >= 11 is 6.31. The van der Waals surface area contributed by atoms with E-state index in [9.17, 15) is 30.0 Å². The number of nitrogens with zero attached hydrogens (tertiary/aromatic N) is 2. The molecule has 3 aliphatic rings. The minimum atomic E-state index is -1.84. The Hall–Kier alpha value is -2.19. The first-order valence-electron chi connectivity index (χ1n) is 23.0. The van der Waals surface area contributed by atoms with Crippen LogP contribution in [-0.2, 0) is 44.4 Å². The highest BCUT2D eigenvalue weighted by Crippen LogP contribution is 2.41. The largest absolute Gasteiger partial charge is 0.459 e. The third-order valence-corrected chi connectivity index (χ3v) is 14.4. The third kappa shape index (κ3) is 13.1. The molecule has 17 heteroatoms. The van der Waals surface area contributed by atoms with Crippen LogP contribution in [0.4, 0.5) is 4.79 Å². The summed E-state index contributed by atoms with van der Waals surface area (Å²) in [6, 6.07) is 6.53. The highest BCUT2D eigenvalue weighted by atomic mass is 35.5. The molecule has 0 spiro atoms. The maximum Gasteiger partial charge on any atom is 0.407 e. The van der Waals surface area contributed by atoms with Gasteiger partial charge in [-0.25, -0.2) is 4.79 Å². The fourth-order valence-electron chi connectivity index (χ4n) is 10.1. The van der Waals surface area contributed by atoms with Gasteiger partial charge in [-0.1, -0.05) is 50.6 Å². The van der Waals surface area contributed by atoms with E-state index in [2.05, 4.69) is 5.32 Å². The van der Waals surface area contributed by atoms with Crippen LogP contribution in [0.15, 0.2) is 24.3 Å². The smallest absolute Gasteiger partial charge is 0.407 e. The van der Waals surface area contributed by atoms with Gasteiger partial charge in [0, 0.05) is 49.6 Å². The molecule has 0 bridgehead atoms. The van der Waals surface area contributed by atoms with Crippen molar-refractivity contribution in [2.24, 2.45) is 17.8 Å². The summed E-state index contributed by atoms with van der Waals surface area (Å²) in [7, 11) is 7.10. The van der Waals surface area contributed by atoms with Crippen molar-refractivity contribution in [2.45, 2.75) is 192 Å². The van der Waals surface area contributed by atoms with Crippen molar-refractivity contribution in [2.75, 3.05) is 41.3 Å². The van der Waals surface area contributed by atoms with Gasteiger partial charge >= 0.3 is 12.1 Å². The van der Waals surface area contributed by atoms with Crippen molar-refractivity contribution in [3.8, 4) is 0 Å². The molecular weight excluding hydrogens is 850 g/mol. The zero-order valence-electron chi connectivity index (χ0n) is 40.7. The number of esters is 1. The standard InChI is InChI=1S/C47H80ClN3O13/c1-15-35-47(10,57)39(53)30(6)51(13)25-26(2)23-45(8,56)40(63-43-37(52)34(50(11)12)22-27(3)59-43)28(4)38(29(5)42(54)61-35)62-36-24-46(9,58-14)41(31(7)60-36)64-44(55)49-21-20-32-18-16-17-19-33(32)48/h16-19,26-31,34-41,43,52-53,56-57H,15,20-25H2,1-14H3,(H,49,55)/t26-,27-,28+,29-,30-,31+,34+,35-,36+,37-,38+,39-,40-,41+,43+,45-,46-,47-/m1/s1. The number of aliphatic hydroxyl groups excluding tert-OH is 2. The van der Waals surface area contributed by atoms with Crippen LogP contribution in [0.5, 0.6) is 0 Å². The van der Waals surface area contributed by atoms with Gasteiger partial charge in [0.15, 0.2) is 18.7 Å². The number of cyclic esters (lactones) is 1. The molecule has 0 aromatic heterocycles. The van der Waals surface area contributed by atoms with Gasteiger partial charge in [-0.3, -0.25) is 4.79 Å². The Kier molecular flexibility index (Phi) is 19.3. The van der Waals surface area contributed by atoms with Crippen LogP contribution in [-0.4, -0.2) is 174 Å². The van der Waals surface area contributed by atoms with E-state index in [-0.39, 0.29) is 43.9 Å². The normalized spacial score (nSPS) is 42.3. The summed E-state index contributed by atoms with van der Waals surface area (Å²) in [5.41, 5.74) is -3.70. The van der Waals surface area contributed by atoms with Crippen molar-refractivity contribution in [3.05, 3.63) is 34.9 Å². The molecule has 0 saturated carbocycles. The molecule has 1 aromatic rings. The van der Waals surface area contributed by atoms with Crippen LogP contribution >= 0.6 is 11.6 Å². The number of benzene rings is 1. The molecule has 368 valence electrons. The predicted molar refractivity (Wildman–Crippen MR) is 242 cm³/mol. The number of amides is 1. The average Bonchev–Trinajstić information content (AvgIpc) is 3.21. The maximum atomic E-state index is 14.5. The number of alkyl carbamates (subject to hydrolysis) is 1. The second kappa shape index (κ2) is 22.7. The maximum absolute atomic E-state index is 14.5. The lowest BCUT2D eigenvalue weighted by Gasteiger charge is -2.49. The first kappa shape index (κ1) is 54.4. The van der Waals surface area contributed by atoms with Crippen LogP contribution in [0.2, 0.25) is 5.02 Å². The SMILES string of the molecule is CC[C@H]1OC(=O)[C@H](C)[C@@H](O[C@H]2C[C@@](C)(OC)[C@@H](OC(=O)NCCc3ccccc3Cl)[C@H](C)O2)[C@H](C)[C@@H](O[C@@H]2O[C@H](C)C[C@H](N(C)C)[C@H]2O)[C@](C)(O)C[C@@H](C)CN(C)[C@H](C)[C@@H](O)[C@]1(C)O. The molecule has 0 unspecified atom stereocenters. The van der Waals surface area contributed by atoms with E-state index < -0.39 is 102 Å². The molecule has 16 nitrogen and oxygen atoms in total. The van der Waals surface area contributed by atoms with Gasteiger partial charge in [-0.15, -0.1) is 0 Å². The highest BCUT2D eigenvalue weighted by Gasteiger charge is 2.53. The van der Waals surface area contributed by atoms with Gasteiger partial charge in [-0.2, -0.15) is 0 Å². The number of aliphatic hydroxyl groups is 4. The number of nitrogens with one attached hydrogen (secondary N) is 1. The number of halogens is 1. The molecule has 0 aliphatic carbocycles. The number of carbonyl (C=O) groups is 2. The van der Waals surface area contributed by atoms with E-state index >= 15 is 0 Å². The monoisotopic (exact) mass is 930 g/mol.